The quantitative estimate of drug-likeness (QED) is 0.784. The van der Waals surface area contributed by atoms with Gasteiger partial charge in [-0.15, -0.1) is 0 Å². The molecule has 0 aliphatic heterocycles. The molecule has 0 atom stereocenters. The summed E-state index contributed by atoms with van der Waals surface area (Å²) in [5, 5.41) is 0. The first-order valence-electron chi connectivity index (χ1n) is 6.02. The number of carbonyl (C=O) groups is 1. The highest BCUT2D eigenvalue weighted by Crippen LogP contribution is 2.15. The van der Waals surface area contributed by atoms with Crippen molar-refractivity contribution in [1.29, 1.82) is 0 Å². The molecule has 0 heterocycles. The van der Waals surface area contributed by atoms with Crippen LogP contribution in [0.15, 0.2) is 42.5 Å². The zero-order valence-electron chi connectivity index (χ0n) is 10.9. The van der Waals surface area contributed by atoms with Crippen LogP contribution in [0, 0.1) is 12.7 Å². The number of methoxy groups -OCH3 is 1. The van der Waals surface area contributed by atoms with Crippen LogP contribution in [0.25, 0.3) is 0 Å². The zero-order chi connectivity index (χ0) is 13.8. The lowest BCUT2D eigenvalue weighted by molar-refractivity contribution is 0.0992. The summed E-state index contributed by atoms with van der Waals surface area (Å²) in [6.45, 7) is 1.67. The summed E-state index contributed by atoms with van der Waals surface area (Å²) in [6.07, 6.45) is 0.256. The van der Waals surface area contributed by atoms with Crippen molar-refractivity contribution in [3.8, 4) is 5.75 Å². The summed E-state index contributed by atoms with van der Waals surface area (Å²) < 4.78 is 18.5. The van der Waals surface area contributed by atoms with Crippen molar-refractivity contribution in [2.24, 2.45) is 0 Å². The van der Waals surface area contributed by atoms with Gasteiger partial charge in [-0.2, -0.15) is 0 Å². The lowest BCUT2D eigenvalue weighted by atomic mass is 10.0. The predicted molar refractivity (Wildman–Crippen MR) is 72.2 cm³/mol. The molecular formula is C16H15FO2. The van der Waals surface area contributed by atoms with E-state index in [9.17, 15) is 9.18 Å². The third kappa shape index (κ3) is 3.19. The minimum absolute atomic E-state index is 0.0935. The Hall–Kier alpha value is -2.16. The average molecular weight is 258 g/mol. The second-order valence-corrected chi connectivity index (χ2v) is 4.41. The van der Waals surface area contributed by atoms with Gasteiger partial charge in [0.1, 0.15) is 11.6 Å². The molecule has 3 heteroatoms. The molecule has 2 aromatic carbocycles. The maximum Gasteiger partial charge on any atom is 0.167 e. The van der Waals surface area contributed by atoms with Crippen LogP contribution >= 0.6 is 0 Å². The maximum atomic E-state index is 13.4. The van der Waals surface area contributed by atoms with Gasteiger partial charge in [0, 0.05) is 12.0 Å². The van der Waals surface area contributed by atoms with Crippen molar-refractivity contribution in [1.82, 2.24) is 0 Å². The van der Waals surface area contributed by atoms with Crippen LogP contribution in [0.1, 0.15) is 21.5 Å². The molecule has 0 spiro atoms. The smallest absolute Gasteiger partial charge is 0.167 e. The number of Topliss-reactive ketones (excluding diaryl/α,β-unsaturated/α-hetero) is 1. The first-order valence-corrected chi connectivity index (χ1v) is 6.02. The van der Waals surface area contributed by atoms with Crippen molar-refractivity contribution in [2.45, 2.75) is 13.3 Å². The normalized spacial score (nSPS) is 10.3. The molecule has 0 fully saturated rings. The Morgan fingerprint density at radius 3 is 2.42 bits per heavy atom. The van der Waals surface area contributed by atoms with Gasteiger partial charge in [0.15, 0.2) is 5.78 Å². The van der Waals surface area contributed by atoms with Gasteiger partial charge in [-0.1, -0.05) is 24.3 Å². The van der Waals surface area contributed by atoms with E-state index in [0.717, 1.165) is 11.3 Å². The number of ether oxygens (including phenoxy) is 1. The van der Waals surface area contributed by atoms with Crippen LogP contribution in [0.4, 0.5) is 4.39 Å². The fourth-order valence-corrected chi connectivity index (χ4v) is 1.80. The molecule has 0 bridgehead atoms. The third-order valence-electron chi connectivity index (χ3n) is 3.02. The Balaban J connectivity index is 2.13. The molecular weight excluding hydrogens is 243 g/mol. The molecule has 0 saturated carbocycles. The Bertz CT molecular complexity index is 588. The van der Waals surface area contributed by atoms with Gasteiger partial charge in [0.2, 0.25) is 0 Å². The van der Waals surface area contributed by atoms with Crippen LogP contribution in [0.5, 0.6) is 5.75 Å². The van der Waals surface area contributed by atoms with E-state index >= 15 is 0 Å². The number of hydrogen-bond donors (Lipinski definition) is 0. The number of ketones is 1. The summed E-state index contributed by atoms with van der Waals surface area (Å²) in [6, 6.07) is 11.8. The number of carbonyl (C=O) groups excluding carboxylic acids is 1. The highest BCUT2D eigenvalue weighted by Gasteiger charge is 2.09. The van der Waals surface area contributed by atoms with Crippen molar-refractivity contribution in [3.63, 3.8) is 0 Å². The van der Waals surface area contributed by atoms with Gasteiger partial charge in [-0.25, -0.2) is 4.39 Å². The first kappa shape index (κ1) is 13.3. The molecule has 0 aromatic heterocycles. The minimum atomic E-state index is -0.347. The lowest BCUT2D eigenvalue weighted by Gasteiger charge is -2.04. The number of halogens is 1. The molecule has 0 radical (unpaired) electrons. The van der Waals surface area contributed by atoms with E-state index in [1.807, 2.05) is 12.1 Å². The van der Waals surface area contributed by atoms with E-state index in [1.54, 1.807) is 38.3 Å². The lowest BCUT2D eigenvalue weighted by Crippen LogP contribution is -2.04. The van der Waals surface area contributed by atoms with E-state index in [2.05, 4.69) is 0 Å². The van der Waals surface area contributed by atoms with E-state index in [1.165, 1.54) is 6.07 Å². The molecule has 19 heavy (non-hydrogen) atoms. The van der Waals surface area contributed by atoms with Crippen LogP contribution in [-0.2, 0) is 6.42 Å². The number of benzene rings is 2. The van der Waals surface area contributed by atoms with Gasteiger partial charge in [0.25, 0.3) is 0 Å². The van der Waals surface area contributed by atoms with Crippen LogP contribution < -0.4 is 4.74 Å². The maximum absolute atomic E-state index is 13.4. The highest BCUT2D eigenvalue weighted by atomic mass is 19.1. The second kappa shape index (κ2) is 5.65. The summed E-state index contributed by atoms with van der Waals surface area (Å²) in [5.74, 6) is 0.308. The molecule has 0 unspecified atom stereocenters. The molecule has 0 amide bonds. The topological polar surface area (TPSA) is 26.3 Å². The van der Waals surface area contributed by atoms with Crippen LogP contribution in [0.2, 0.25) is 0 Å². The van der Waals surface area contributed by atoms with Crippen molar-refractivity contribution in [3.05, 3.63) is 65.0 Å². The number of hydrogen-bond acceptors (Lipinski definition) is 2. The molecule has 2 nitrogen and oxygen atoms in total. The van der Waals surface area contributed by atoms with Gasteiger partial charge >= 0.3 is 0 Å². The van der Waals surface area contributed by atoms with Crippen molar-refractivity contribution < 1.29 is 13.9 Å². The van der Waals surface area contributed by atoms with Crippen LogP contribution in [-0.4, -0.2) is 12.9 Å². The molecule has 0 aliphatic rings. The highest BCUT2D eigenvalue weighted by molar-refractivity contribution is 5.97. The van der Waals surface area contributed by atoms with E-state index in [4.69, 9.17) is 4.74 Å². The molecule has 2 rings (SSSR count). The average Bonchev–Trinajstić information content (AvgIpc) is 2.42. The van der Waals surface area contributed by atoms with Gasteiger partial charge < -0.3 is 4.74 Å². The monoisotopic (exact) mass is 258 g/mol. The summed E-state index contributed by atoms with van der Waals surface area (Å²) in [4.78, 5) is 12.0. The molecule has 0 aliphatic carbocycles. The molecule has 98 valence electrons. The Labute approximate surface area is 111 Å². The zero-order valence-corrected chi connectivity index (χ0v) is 10.9. The summed E-state index contributed by atoms with van der Waals surface area (Å²) in [5.41, 5.74) is 1.83. The van der Waals surface area contributed by atoms with E-state index in [-0.39, 0.29) is 18.0 Å². The first-order chi connectivity index (χ1) is 9.10. The third-order valence-corrected chi connectivity index (χ3v) is 3.02. The molecule has 0 N–H and O–H groups in total. The fraction of sp³-hybridized carbons (Fsp3) is 0.188. The second-order valence-electron chi connectivity index (χ2n) is 4.41. The molecule has 2 aromatic rings. The van der Waals surface area contributed by atoms with E-state index < -0.39 is 0 Å². The number of rotatable bonds is 4. The summed E-state index contributed by atoms with van der Waals surface area (Å²) in [7, 11) is 1.59. The minimum Gasteiger partial charge on any atom is -0.497 e. The Kier molecular flexibility index (Phi) is 3.95. The predicted octanol–water partition coefficient (Wildman–Crippen LogP) is 3.57. The largest absolute Gasteiger partial charge is 0.497 e. The van der Waals surface area contributed by atoms with Gasteiger partial charge in [0.05, 0.1) is 7.11 Å². The number of aryl methyl sites for hydroxylation is 1. The Morgan fingerprint density at radius 1 is 1.16 bits per heavy atom. The van der Waals surface area contributed by atoms with Crippen LogP contribution in [0.3, 0.4) is 0 Å². The molecule has 0 saturated heterocycles. The van der Waals surface area contributed by atoms with Gasteiger partial charge in [-0.3, -0.25) is 4.79 Å². The Morgan fingerprint density at radius 2 is 1.84 bits per heavy atom. The van der Waals surface area contributed by atoms with Crippen molar-refractivity contribution >= 4 is 5.78 Å². The van der Waals surface area contributed by atoms with Gasteiger partial charge in [-0.05, 0) is 36.2 Å². The fourth-order valence-electron chi connectivity index (χ4n) is 1.80. The van der Waals surface area contributed by atoms with Crippen molar-refractivity contribution in [2.75, 3.05) is 7.11 Å². The summed E-state index contributed by atoms with van der Waals surface area (Å²) >= 11 is 0. The van der Waals surface area contributed by atoms with E-state index in [0.29, 0.717) is 11.1 Å². The SMILES string of the molecule is COc1ccc(CC(=O)c2ccc(C)c(F)c2)cc1. The standard InChI is InChI=1S/C16H15FO2/c1-11-3-6-13(10-15(11)17)16(18)9-12-4-7-14(19-2)8-5-12/h3-8,10H,9H2,1-2H3.